The highest BCUT2D eigenvalue weighted by atomic mass is 16.3. The van der Waals surface area contributed by atoms with Gasteiger partial charge < -0.3 is 10.4 Å². The predicted octanol–water partition coefficient (Wildman–Crippen LogP) is 2.62. The van der Waals surface area contributed by atoms with Gasteiger partial charge in [-0.1, -0.05) is 25.3 Å². The van der Waals surface area contributed by atoms with Crippen LogP contribution in [0.3, 0.4) is 0 Å². The number of aliphatic hydroxyl groups is 1. The Bertz CT molecular complexity index is 561. The second-order valence-electron chi connectivity index (χ2n) is 5.99. The highest BCUT2D eigenvalue weighted by molar-refractivity contribution is 5.51. The number of rotatable bonds is 5. The molecule has 0 atom stereocenters. The van der Waals surface area contributed by atoms with E-state index in [1.54, 1.807) is 12.7 Å². The van der Waals surface area contributed by atoms with Crippen molar-refractivity contribution in [3.8, 4) is 5.69 Å². The van der Waals surface area contributed by atoms with Gasteiger partial charge in [-0.3, -0.25) is 4.57 Å². The monoisotopic (exact) mass is 286 g/mol. The molecule has 0 spiro atoms. The Kier molecular flexibility index (Phi) is 4.20. The van der Waals surface area contributed by atoms with Gasteiger partial charge in [0.25, 0.3) is 0 Å². The molecule has 1 saturated carbocycles. The molecule has 0 amide bonds. The molecule has 0 saturated heterocycles. The molecule has 2 N–H and O–H groups in total. The van der Waals surface area contributed by atoms with Gasteiger partial charge in [-0.05, 0) is 31.0 Å². The summed E-state index contributed by atoms with van der Waals surface area (Å²) in [5, 5.41) is 20.9. The van der Waals surface area contributed by atoms with Crippen molar-refractivity contribution in [3.05, 3.63) is 36.9 Å². The number of aliphatic hydroxyl groups excluding tert-OH is 1. The number of aromatic nitrogens is 3. The maximum atomic E-state index is 9.76. The van der Waals surface area contributed by atoms with Crippen LogP contribution in [0.4, 0.5) is 5.69 Å². The Labute approximate surface area is 125 Å². The zero-order valence-corrected chi connectivity index (χ0v) is 12.2. The first kappa shape index (κ1) is 14.1. The largest absolute Gasteiger partial charge is 0.396 e. The van der Waals surface area contributed by atoms with E-state index in [1.165, 1.54) is 19.3 Å². The minimum absolute atomic E-state index is 0.0464. The van der Waals surface area contributed by atoms with Gasteiger partial charge in [-0.15, -0.1) is 10.2 Å². The SMILES string of the molecule is OCC1(CNc2cccc(-n3cnnc3)c2)CCCCC1. The molecule has 5 nitrogen and oxygen atoms in total. The van der Waals surface area contributed by atoms with Crippen LogP contribution in [0.15, 0.2) is 36.9 Å². The van der Waals surface area contributed by atoms with Crippen LogP contribution >= 0.6 is 0 Å². The summed E-state index contributed by atoms with van der Waals surface area (Å²) >= 11 is 0. The molecule has 1 fully saturated rings. The van der Waals surface area contributed by atoms with E-state index >= 15 is 0 Å². The van der Waals surface area contributed by atoms with Crippen molar-refractivity contribution in [1.82, 2.24) is 14.8 Å². The molecule has 1 aliphatic rings. The van der Waals surface area contributed by atoms with Crippen molar-refractivity contribution in [3.63, 3.8) is 0 Å². The molecule has 1 aromatic heterocycles. The van der Waals surface area contributed by atoms with Crippen molar-refractivity contribution >= 4 is 5.69 Å². The first-order valence-corrected chi connectivity index (χ1v) is 7.61. The summed E-state index contributed by atoms with van der Waals surface area (Å²) in [5.74, 6) is 0. The van der Waals surface area contributed by atoms with Gasteiger partial charge in [0.05, 0.1) is 12.3 Å². The lowest BCUT2D eigenvalue weighted by atomic mass is 9.74. The molecule has 3 rings (SSSR count). The molecule has 21 heavy (non-hydrogen) atoms. The Morgan fingerprint density at radius 2 is 1.90 bits per heavy atom. The second kappa shape index (κ2) is 6.26. The van der Waals surface area contributed by atoms with Crippen molar-refractivity contribution in [1.29, 1.82) is 0 Å². The lowest BCUT2D eigenvalue weighted by molar-refractivity contribution is 0.0944. The van der Waals surface area contributed by atoms with Crippen molar-refractivity contribution in [2.24, 2.45) is 5.41 Å². The molecule has 1 aromatic carbocycles. The van der Waals surface area contributed by atoms with Crippen molar-refractivity contribution in [2.45, 2.75) is 32.1 Å². The molecule has 0 unspecified atom stereocenters. The van der Waals surface area contributed by atoms with Gasteiger partial charge in [0.15, 0.2) is 0 Å². The average Bonchev–Trinajstić information content (AvgIpc) is 3.09. The van der Waals surface area contributed by atoms with Crippen LogP contribution < -0.4 is 5.32 Å². The summed E-state index contributed by atoms with van der Waals surface area (Å²) in [6.45, 7) is 1.10. The number of hydrogen-bond acceptors (Lipinski definition) is 4. The summed E-state index contributed by atoms with van der Waals surface area (Å²) < 4.78 is 1.88. The normalized spacial score (nSPS) is 17.6. The fourth-order valence-electron chi connectivity index (χ4n) is 3.09. The lowest BCUT2D eigenvalue weighted by Gasteiger charge is -2.36. The quantitative estimate of drug-likeness (QED) is 0.887. The van der Waals surface area contributed by atoms with E-state index in [4.69, 9.17) is 0 Å². The van der Waals surface area contributed by atoms with Gasteiger partial charge in [-0.25, -0.2) is 0 Å². The Morgan fingerprint density at radius 1 is 1.14 bits per heavy atom. The average molecular weight is 286 g/mol. The van der Waals surface area contributed by atoms with Crippen molar-refractivity contribution in [2.75, 3.05) is 18.5 Å². The number of anilines is 1. The summed E-state index contributed by atoms with van der Waals surface area (Å²) in [6.07, 6.45) is 9.35. The molecule has 1 aliphatic carbocycles. The van der Waals surface area contributed by atoms with Crippen LogP contribution in [-0.4, -0.2) is 33.0 Å². The van der Waals surface area contributed by atoms with E-state index in [-0.39, 0.29) is 12.0 Å². The van der Waals surface area contributed by atoms with E-state index < -0.39 is 0 Å². The minimum Gasteiger partial charge on any atom is -0.396 e. The maximum Gasteiger partial charge on any atom is 0.123 e. The van der Waals surface area contributed by atoms with Crippen molar-refractivity contribution < 1.29 is 5.11 Å². The van der Waals surface area contributed by atoms with Crippen LogP contribution in [0.1, 0.15) is 32.1 Å². The molecular weight excluding hydrogens is 264 g/mol. The van der Waals surface area contributed by atoms with Gasteiger partial charge in [0.1, 0.15) is 12.7 Å². The number of nitrogens with one attached hydrogen (secondary N) is 1. The zero-order valence-electron chi connectivity index (χ0n) is 12.2. The number of nitrogens with zero attached hydrogens (tertiary/aromatic N) is 3. The van der Waals surface area contributed by atoms with Crippen LogP contribution in [0.2, 0.25) is 0 Å². The molecule has 2 aromatic rings. The standard InChI is InChI=1S/C16H22N4O/c21-11-16(7-2-1-3-8-16)10-17-14-5-4-6-15(9-14)20-12-18-19-13-20/h4-6,9,12-13,17,21H,1-3,7-8,10-11H2. The number of hydrogen-bond donors (Lipinski definition) is 2. The van der Waals surface area contributed by atoms with E-state index in [0.717, 1.165) is 30.8 Å². The van der Waals surface area contributed by atoms with E-state index in [9.17, 15) is 5.11 Å². The third kappa shape index (κ3) is 3.24. The third-order valence-electron chi connectivity index (χ3n) is 4.48. The van der Waals surface area contributed by atoms with Crippen LogP contribution in [0, 0.1) is 5.41 Å². The van der Waals surface area contributed by atoms with Crippen LogP contribution in [0.5, 0.6) is 0 Å². The molecular formula is C16H22N4O. The Morgan fingerprint density at radius 3 is 2.62 bits per heavy atom. The van der Waals surface area contributed by atoms with Gasteiger partial charge >= 0.3 is 0 Å². The molecule has 0 aliphatic heterocycles. The zero-order chi connectivity index (χ0) is 14.5. The molecule has 0 bridgehead atoms. The summed E-state index contributed by atoms with van der Waals surface area (Å²) in [4.78, 5) is 0. The third-order valence-corrected chi connectivity index (χ3v) is 4.48. The number of benzene rings is 1. The van der Waals surface area contributed by atoms with Gasteiger partial charge in [0.2, 0.25) is 0 Å². The molecule has 5 heteroatoms. The Balaban J connectivity index is 1.69. The van der Waals surface area contributed by atoms with Crippen LogP contribution in [0.25, 0.3) is 5.69 Å². The summed E-state index contributed by atoms with van der Waals surface area (Å²) in [5.41, 5.74) is 2.15. The highest BCUT2D eigenvalue weighted by Gasteiger charge is 2.31. The fraction of sp³-hybridized carbons (Fsp3) is 0.500. The first-order chi connectivity index (χ1) is 10.3. The molecule has 1 heterocycles. The highest BCUT2D eigenvalue weighted by Crippen LogP contribution is 2.36. The van der Waals surface area contributed by atoms with Gasteiger partial charge in [0, 0.05) is 17.6 Å². The maximum absolute atomic E-state index is 9.76. The van der Waals surface area contributed by atoms with E-state index in [0.29, 0.717) is 0 Å². The summed E-state index contributed by atoms with van der Waals surface area (Å²) in [6, 6.07) is 8.18. The van der Waals surface area contributed by atoms with E-state index in [2.05, 4.69) is 27.6 Å². The van der Waals surface area contributed by atoms with Gasteiger partial charge in [-0.2, -0.15) is 0 Å². The Hall–Kier alpha value is -1.88. The second-order valence-corrected chi connectivity index (χ2v) is 5.99. The lowest BCUT2D eigenvalue weighted by Crippen LogP contribution is -2.35. The minimum atomic E-state index is 0.0464. The smallest absolute Gasteiger partial charge is 0.123 e. The summed E-state index contributed by atoms with van der Waals surface area (Å²) in [7, 11) is 0. The predicted molar refractivity (Wildman–Crippen MR) is 82.5 cm³/mol. The fourth-order valence-corrected chi connectivity index (χ4v) is 3.09. The topological polar surface area (TPSA) is 63.0 Å². The van der Waals surface area contributed by atoms with E-state index in [1.807, 2.05) is 16.7 Å². The molecule has 0 radical (unpaired) electrons. The first-order valence-electron chi connectivity index (χ1n) is 7.61. The molecule has 112 valence electrons. The van der Waals surface area contributed by atoms with Crippen LogP contribution in [-0.2, 0) is 0 Å².